The fraction of sp³-hybridized carbons (Fsp3) is 0.429. The number of rotatable bonds is 3. The van der Waals surface area contributed by atoms with Crippen molar-refractivity contribution in [2.45, 2.75) is 26.2 Å². The lowest BCUT2D eigenvalue weighted by molar-refractivity contribution is -0.147. The second kappa shape index (κ2) is 3.83. The van der Waals surface area contributed by atoms with Crippen LogP contribution in [-0.2, 0) is 16.0 Å². The molecule has 1 heterocycles. The summed E-state index contributed by atoms with van der Waals surface area (Å²) in [5.74, 6) is 0.833. The quantitative estimate of drug-likeness (QED) is 0.843. The summed E-state index contributed by atoms with van der Waals surface area (Å²) in [5.41, 5.74) is 2.90. The van der Waals surface area contributed by atoms with Crippen LogP contribution in [0.1, 0.15) is 24.2 Å². The highest BCUT2D eigenvalue weighted by molar-refractivity contribution is 5.81. The molecule has 0 aliphatic heterocycles. The van der Waals surface area contributed by atoms with Gasteiger partial charge in [0, 0.05) is 0 Å². The number of hydrogen-bond donors (Lipinski definition) is 1. The lowest BCUT2D eigenvalue weighted by Gasteiger charge is -2.12. The number of imidazole rings is 1. The molecular formula is C14H16N2O2. The van der Waals surface area contributed by atoms with Crippen molar-refractivity contribution in [2.24, 2.45) is 5.41 Å². The molecule has 94 valence electrons. The summed E-state index contributed by atoms with van der Waals surface area (Å²) in [6.45, 7) is 1.94. The van der Waals surface area contributed by atoms with Crippen molar-refractivity contribution in [2.75, 3.05) is 7.11 Å². The zero-order valence-corrected chi connectivity index (χ0v) is 10.6. The van der Waals surface area contributed by atoms with Crippen LogP contribution in [-0.4, -0.2) is 23.0 Å². The first-order valence-electron chi connectivity index (χ1n) is 6.17. The van der Waals surface area contributed by atoms with Gasteiger partial charge in [0.05, 0.1) is 23.6 Å². The Kier molecular flexibility index (Phi) is 2.40. The Labute approximate surface area is 105 Å². The van der Waals surface area contributed by atoms with E-state index in [9.17, 15) is 4.79 Å². The smallest absolute Gasteiger partial charge is 0.312 e. The second-order valence-electron chi connectivity index (χ2n) is 5.12. The van der Waals surface area contributed by atoms with E-state index in [1.165, 1.54) is 7.11 Å². The molecule has 1 aromatic heterocycles. The molecule has 0 spiro atoms. The average Bonchev–Trinajstić information content (AvgIpc) is 3.03. The number of aromatic amines is 1. The maximum atomic E-state index is 11.7. The van der Waals surface area contributed by atoms with Gasteiger partial charge in [-0.15, -0.1) is 0 Å². The van der Waals surface area contributed by atoms with Gasteiger partial charge < -0.3 is 9.72 Å². The molecule has 0 unspecified atom stereocenters. The topological polar surface area (TPSA) is 55.0 Å². The zero-order chi connectivity index (χ0) is 12.8. The molecule has 1 aromatic carbocycles. The predicted molar refractivity (Wildman–Crippen MR) is 68.2 cm³/mol. The van der Waals surface area contributed by atoms with Gasteiger partial charge in [0.25, 0.3) is 0 Å². The number of aromatic nitrogens is 2. The molecule has 18 heavy (non-hydrogen) atoms. The van der Waals surface area contributed by atoms with Crippen molar-refractivity contribution < 1.29 is 9.53 Å². The number of aryl methyl sites for hydroxylation is 1. The van der Waals surface area contributed by atoms with E-state index >= 15 is 0 Å². The monoisotopic (exact) mass is 244 g/mol. The van der Waals surface area contributed by atoms with Crippen molar-refractivity contribution in [1.29, 1.82) is 0 Å². The minimum Gasteiger partial charge on any atom is -0.469 e. The maximum Gasteiger partial charge on any atom is 0.312 e. The first-order chi connectivity index (χ1) is 8.63. The summed E-state index contributed by atoms with van der Waals surface area (Å²) in [7, 11) is 1.46. The number of carbonyl (C=O) groups is 1. The molecule has 0 bridgehead atoms. The summed E-state index contributed by atoms with van der Waals surface area (Å²) in [5, 5.41) is 0. The Hall–Kier alpha value is -1.84. The van der Waals surface area contributed by atoms with E-state index in [1.807, 2.05) is 19.1 Å². The summed E-state index contributed by atoms with van der Waals surface area (Å²) in [6.07, 6.45) is 2.62. The third kappa shape index (κ3) is 1.78. The van der Waals surface area contributed by atoms with Crippen molar-refractivity contribution in [1.82, 2.24) is 9.97 Å². The van der Waals surface area contributed by atoms with Crippen molar-refractivity contribution in [3.8, 4) is 0 Å². The molecule has 2 aromatic rings. The number of esters is 1. The van der Waals surface area contributed by atoms with Gasteiger partial charge in [-0.05, 0) is 43.9 Å². The SMILES string of the molecule is COC(=O)C1(Cc2ccc3nc(C)[nH]c3c2)CC1. The molecule has 4 nitrogen and oxygen atoms in total. The first-order valence-corrected chi connectivity index (χ1v) is 6.17. The van der Waals surface area contributed by atoms with Crippen molar-refractivity contribution in [3.63, 3.8) is 0 Å². The van der Waals surface area contributed by atoms with Crippen LogP contribution in [0, 0.1) is 12.3 Å². The Bertz CT molecular complexity index is 611. The summed E-state index contributed by atoms with van der Waals surface area (Å²) >= 11 is 0. The van der Waals surface area contributed by atoms with E-state index in [2.05, 4.69) is 16.0 Å². The number of H-pyrrole nitrogens is 1. The summed E-state index contributed by atoms with van der Waals surface area (Å²) in [6, 6.07) is 6.13. The van der Waals surface area contributed by atoms with Gasteiger partial charge in [0.2, 0.25) is 0 Å². The molecule has 0 amide bonds. The molecule has 1 saturated carbocycles. The molecule has 4 heteroatoms. The van der Waals surface area contributed by atoms with Gasteiger partial charge in [-0.3, -0.25) is 4.79 Å². The first kappa shape index (κ1) is 11.3. The third-order valence-electron chi connectivity index (χ3n) is 3.68. The molecule has 1 fully saturated rings. The molecule has 0 saturated heterocycles. The Morgan fingerprint density at radius 1 is 1.50 bits per heavy atom. The van der Waals surface area contributed by atoms with Gasteiger partial charge in [0.1, 0.15) is 5.82 Å². The van der Waals surface area contributed by atoms with Crippen molar-refractivity contribution >= 4 is 17.0 Å². The highest BCUT2D eigenvalue weighted by Gasteiger charge is 2.50. The summed E-state index contributed by atoms with van der Waals surface area (Å²) in [4.78, 5) is 19.3. The minimum atomic E-state index is -0.266. The van der Waals surface area contributed by atoms with Crippen LogP contribution < -0.4 is 0 Å². The average molecular weight is 244 g/mol. The van der Waals surface area contributed by atoms with Crippen LogP contribution in [0.25, 0.3) is 11.0 Å². The highest BCUT2D eigenvalue weighted by Crippen LogP contribution is 2.49. The van der Waals surface area contributed by atoms with Crippen LogP contribution in [0.2, 0.25) is 0 Å². The van der Waals surface area contributed by atoms with Gasteiger partial charge in [-0.2, -0.15) is 0 Å². The molecule has 0 radical (unpaired) electrons. The molecule has 1 aliphatic carbocycles. The summed E-state index contributed by atoms with van der Waals surface area (Å²) < 4.78 is 4.88. The molecule has 1 N–H and O–H groups in total. The number of fused-ring (bicyclic) bond motifs is 1. The van der Waals surface area contributed by atoms with E-state index in [0.717, 1.165) is 41.7 Å². The lowest BCUT2D eigenvalue weighted by Crippen LogP contribution is -2.19. The Morgan fingerprint density at radius 3 is 2.94 bits per heavy atom. The number of hydrogen-bond acceptors (Lipinski definition) is 3. The largest absolute Gasteiger partial charge is 0.469 e. The van der Waals surface area contributed by atoms with Gasteiger partial charge >= 0.3 is 5.97 Å². The van der Waals surface area contributed by atoms with Gasteiger partial charge in [-0.1, -0.05) is 6.07 Å². The minimum absolute atomic E-state index is 0.0802. The zero-order valence-electron chi connectivity index (χ0n) is 10.6. The molecular weight excluding hydrogens is 228 g/mol. The fourth-order valence-corrected chi connectivity index (χ4v) is 2.51. The van der Waals surface area contributed by atoms with E-state index in [0.29, 0.717) is 0 Å². The Morgan fingerprint density at radius 2 is 2.28 bits per heavy atom. The number of nitrogens with one attached hydrogen (secondary N) is 1. The second-order valence-corrected chi connectivity index (χ2v) is 5.12. The molecule has 3 rings (SSSR count). The number of benzene rings is 1. The normalized spacial score (nSPS) is 16.8. The highest BCUT2D eigenvalue weighted by atomic mass is 16.5. The van der Waals surface area contributed by atoms with E-state index in [-0.39, 0.29) is 11.4 Å². The van der Waals surface area contributed by atoms with Gasteiger partial charge in [0.15, 0.2) is 0 Å². The van der Waals surface area contributed by atoms with E-state index < -0.39 is 0 Å². The number of carbonyl (C=O) groups excluding carboxylic acids is 1. The third-order valence-corrected chi connectivity index (χ3v) is 3.68. The van der Waals surface area contributed by atoms with Crippen molar-refractivity contribution in [3.05, 3.63) is 29.6 Å². The predicted octanol–water partition coefficient (Wildman–Crippen LogP) is 2.37. The van der Waals surface area contributed by atoms with E-state index in [1.54, 1.807) is 0 Å². The van der Waals surface area contributed by atoms with Gasteiger partial charge in [-0.25, -0.2) is 4.98 Å². The van der Waals surface area contributed by atoms with Crippen LogP contribution in [0.3, 0.4) is 0 Å². The lowest BCUT2D eigenvalue weighted by atomic mass is 9.96. The number of nitrogens with zero attached hydrogens (tertiary/aromatic N) is 1. The van der Waals surface area contributed by atoms with Crippen LogP contribution in [0.4, 0.5) is 0 Å². The van der Waals surface area contributed by atoms with E-state index in [4.69, 9.17) is 4.74 Å². The molecule has 1 aliphatic rings. The number of methoxy groups -OCH3 is 1. The van der Waals surface area contributed by atoms with Crippen LogP contribution >= 0.6 is 0 Å². The van der Waals surface area contributed by atoms with Crippen LogP contribution in [0.15, 0.2) is 18.2 Å². The maximum absolute atomic E-state index is 11.7. The standard InChI is InChI=1S/C14H16N2O2/c1-9-15-11-4-3-10(7-12(11)16-9)8-14(5-6-14)13(17)18-2/h3-4,7H,5-6,8H2,1-2H3,(H,15,16). The fourth-order valence-electron chi connectivity index (χ4n) is 2.51. The molecule has 0 atom stereocenters. The number of ether oxygens (including phenoxy) is 1. The Balaban J connectivity index is 1.89. The van der Waals surface area contributed by atoms with Crippen LogP contribution in [0.5, 0.6) is 0 Å².